The second-order valence-corrected chi connectivity index (χ2v) is 3.78. The number of benzene rings is 1. The van der Waals surface area contributed by atoms with Crippen LogP contribution in [0, 0.1) is 5.82 Å². The number of carboxylic acids is 1. The van der Waals surface area contributed by atoms with Gasteiger partial charge in [-0.2, -0.15) is 0 Å². The zero-order valence-corrected chi connectivity index (χ0v) is 10.2. The van der Waals surface area contributed by atoms with E-state index in [1.807, 2.05) is 0 Å². The molecule has 2 N–H and O–H groups in total. The quantitative estimate of drug-likeness (QED) is 0.861. The summed E-state index contributed by atoms with van der Waals surface area (Å²) in [4.78, 5) is 23.8. The number of aliphatic carboxylic acids is 1. The predicted octanol–water partition coefficient (Wildman–Crippen LogP) is 1.83. The van der Waals surface area contributed by atoms with Crippen molar-refractivity contribution in [1.29, 1.82) is 0 Å². The van der Waals surface area contributed by atoms with Crippen molar-refractivity contribution in [1.82, 2.24) is 5.32 Å². The minimum atomic E-state index is -1.08. The molecule has 0 heterocycles. The van der Waals surface area contributed by atoms with Gasteiger partial charge in [0, 0.05) is 12.7 Å². The third-order valence-electron chi connectivity index (χ3n) is 2.52. The molecule has 0 saturated carbocycles. The van der Waals surface area contributed by atoms with Crippen LogP contribution in [0.25, 0.3) is 0 Å². The molecule has 18 heavy (non-hydrogen) atoms. The molecule has 0 aliphatic heterocycles. The maximum absolute atomic E-state index is 12.7. The summed E-state index contributed by atoms with van der Waals surface area (Å²) in [5, 5.41) is 11.2. The number of hydrogen-bond acceptors (Lipinski definition) is 2. The largest absolute Gasteiger partial charge is 0.480 e. The normalized spacial score (nSPS) is 11.7. The number of urea groups is 1. The Labute approximate surface area is 104 Å². The fraction of sp³-hybridized carbons (Fsp3) is 0.333. The summed E-state index contributed by atoms with van der Waals surface area (Å²) in [6, 6.07) is 3.87. The highest BCUT2D eigenvalue weighted by Gasteiger charge is 2.20. The first-order chi connectivity index (χ1) is 8.45. The minimum Gasteiger partial charge on any atom is -0.480 e. The Morgan fingerprint density at radius 1 is 1.39 bits per heavy atom. The third-order valence-corrected chi connectivity index (χ3v) is 2.52. The molecule has 5 nitrogen and oxygen atoms in total. The van der Waals surface area contributed by atoms with Gasteiger partial charge in [0.05, 0.1) is 0 Å². The number of carboxylic acid groups (broad SMARTS) is 1. The number of hydrogen-bond donors (Lipinski definition) is 2. The van der Waals surface area contributed by atoms with E-state index in [1.165, 1.54) is 36.2 Å². The van der Waals surface area contributed by atoms with Crippen LogP contribution in [0.4, 0.5) is 14.9 Å². The van der Waals surface area contributed by atoms with Crippen LogP contribution in [0.2, 0.25) is 0 Å². The molecular formula is C12H15FN2O3. The molecule has 0 aliphatic rings. The molecule has 98 valence electrons. The molecule has 0 fully saturated rings. The molecule has 0 aromatic heterocycles. The molecule has 0 spiro atoms. The van der Waals surface area contributed by atoms with Crippen molar-refractivity contribution in [3.8, 4) is 0 Å². The van der Waals surface area contributed by atoms with Crippen LogP contribution in [0.1, 0.15) is 13.3 Å². The van der Waals surface area contributed by atoms with Crippen molar-refractivity contribution in [3.05, 3.63) is 30.1 Å². The van der Waals surface area contributed by atoms with E-state index in [-0.39, 0.29) is 0 Å². The number of anilines is 1. The maximum atomic E-state index is 12.7. The van der Waals surface area contributed by atoms with Crippen LogP contribution >= 0.6 is 0 Å². The summed E-state index contributed by atoms with van der Waals surface area (Å²) in [7, 11) is 1.48. The molecule has 1 atom stereocenters. The van der Waals surface area contributed by atoms with Crippen LogP contribution in [-0.2, 0) is 4.79 Å². The first-order valence-corrected chi connectivity index (χ1v) is 5.48. The summed E-state index contributed by atoms with van der Waals surface area (Å²) >= 11 is 0. The van der Waals surface area contributed by atoms with E-state index in [0.717, 1.165) is 0 Å². The summed E-state index contributed by atoms with van der Waals surface area (Å²) < 4.78 is 12.7. The SMILES string of the molecule is CCC(NC(=O)N(C)c1ccc(F)cc1)C(=O)O. The summed E-state index contributed by atoms with van der Waals surface area (Å²) in [6.07, 6.45) is 0.290. The Hall–Kier alpha value is -2.11. The Morgan fingerprint density at radius 3 is 2.39 bits per heavy atom. The van der Waals surface area contributed by atoms with E-state index >= 15 is 0 Å². The van der Waals surface area contributed by atoms with Gasteiger partial charge in [-0.25, -0.2) is 14.0 Å². The molecule has 0 saturated heterocycles. The van der Waals surface area contributed by atoms with Crippen LogP contribution in [0.3, 0.4) is 0 Å². The first kappa shape index (κ1) is 14.0. The van der Waals surface area contributed by atoms with E-state index in [0.29, 0.717) is 12.1 Å². The molecule has 6 heteroatoms. The average Bonchev–Trinajstić information content (AvgIpc) is 2.35. The molecule has 1 rings (SSSR count). The van der Waals surface area contributed by atoms with Gasteiger partial charge in [0.1, 0.15) is 11.9 Å². The highest BCUT2D eigenvalue weighted by Crippen LogP contribution is 2.13. The lowest BCUT2D eigenvalue weighted by Gasteiger charge is -2.20. The fourth-order valence-corrected chi connectivity index (χ4v) is 1.37. The van der Waals surface area contributed by atoms with Crippen LogP contribution in [0.5, 0.6) is 0 Å². The van der Waals surface area contributed by atoms with Gasteiger partial charge >= 0.3 is 12.0 Å². The van der Waals surface area contributed by atoms with Gasteiger partial charge in [-0.15, -0.1) is 0 Å². The summed E-state index contributed by atoms with van der Waals surface area (Å²) in [5.74, 6) is -1.48. The molecule has 0 bridgehead atoms. The second kappa shape index (κ2) is 6.00. The summed E-state index contributed by atoms with van der Waals surface area (Å²) in [6.45, 7) is 1.66. The van der Waals surface area contributed by atoms with E-state index in [2.05, 4.69) is 5.32 Å². The van der Waals surface area contributed by atoms with Gasteiger partial charge in [0.2, 0.25) is 0 Å². The molecule has 1 aromatic rings. The number of halogens is 1. The van der Waals surface area contributed by atoms with E-state index in [9.17, 15) is 14.0 Å². The third kappa shape index (κ3) is 3.44. The van der Waals surface area contributed by atoms with E-state index in [1.54, 1.807) is 6.92 Å². The van der Waals surface area contributed by atoms with Crippen LogP contribution in [-0.4, -0.2) is 30.2 Å². The second-order valence-electron chi connectivity index (χ2n) is 3.78. The Bertz CT molecular complexity index is 433. The Kier molecular flexibility index (Phi) is 4.65. The zero-order valence-electron chi connectivity index (χ0n) is 10.2. The topological polar surface area (TPSA) is 69.6 Å². The molecule has 1 aromatic carbocycles. The molecule has 0 aliphatic carbocycles. The van der Waals surface area contributed by atoms with Crippen molar-refractivity contribution >= 4 is 17.7 Å². The average molecular weight is 254 g/mol. The minimum absolute atomic E-state index is 0.290. The zero-order chi connectivity index (χ0) is 13.7. The maximum Gasteiger partial charge on any atom is 0.326 e. The number of amides is 2. The molecular weight excluding hydrogens is 239 g/mol. The lowest BCUT2D eigenvalue weighted by molar-refractivity contribution is -0.139. The van der Waals surface area contributed by atoms with Gasteiger partial charge in [0.25, 0.3) is 0 Å². The van der Waals surface area contributed by atoms with Gasteiger partial charge in [-0.3, -0.25) is 4.90 Å². The van der Waals surface area contributed by atoms with Gasteiger partial charge in [-0.1, -0.05) is 6.92 Å². The number of carbonyl (C=O) groups excluding carboxylic acids is 1. The lowest BCUT2D eigenvalue weighted by Crippen LogP contribution is -2.46. The Balaban J connectivity index is 2.72. The number of nitrogens with zero attached hydrogens (tertiary/aromatic N) is 1. The highest BCUT2D eigenvalue weighted by atomic mass is 19.1. The van der Waals surface area contributed by atoms with Crippen LogP contribution in [0.15, 0.2) is 24.3 Å². The van der Waals surface area contributed by atoms with Gasteiger partial charge in [-0.05, 0) is 30.7 Å². The lowest BCUT2D eigenvalue weighted by atomic mass is 10.2. The van der Waals surface area contributed by atoms with E-state index < -0.39 is 23.9 Å². The van der Waals surface area contributed by atoms with Crippen molar-refractivity contribution in [2.45, 2.75) is 19.4 Å². The smallest absolute Gasteiger partial charge is 0.326 e. The number of rotatable bonds is 4. The monoisotopic (exact) mass is 254 g/mol. The van der Waals surface area contributed by atoms with Gasteiger partial charge in [0.15, 0.2) is 0 Å². The molecule has 2 amide bonds. The van der Waals surface area contributed by atoms with Crippen molar-refractivity contribution < 1.29 is 19.1 Å². The van der Waals surface area contributed by atoms with E-state index in [4.69, 9.17) is 5.11 Å². The first-order valence-electron chi connectivity index (χ1n) is 5.48. The number of carbonyl (C=O) groups is 2. The van der Waals surface area contributed by atoms with Crippen LogP contribution < -0.4 is 10.2 Å². The predicted molar refractivity (Wildman–Crippen MR) is 65.0 cm³/mol. The standard InChI is InChI=1S/C12H15FN2O3/c1-3-10(11(16)17)14-12(18)15(2)9-6-4-8(13)5-7-9/h4-7,10H,3H2,1-2H3,(H,14,18)(H,16,17). The Morgan fingerprint density at radius 2 is 1.94 bits per heavy atom. The van der Waals surface area contributed by atoms with Crippen molar-refractivity contribution in [2.24, 2.45) is 0 Å². The molecule has 1 unspecified atom stereocenters. The fourth-order valence-electron chi connectivity index (χ4n) is 1.37. The number of nitrogens with one attached hydrogen (secondary N) is 1. The van der Waals surface area contributed by atoms with Gasteiger partial charge < -0.3 is 10.4 Å². The highest BCUT2D eigenvalue weighted by molar-refractivity contribution is 5.93. The van der Waals surface area contributed by atoms with Crippen molar-refractivity contribution in [3.63, 3.8) is 0 Å². The molecule has 0 radical (unpaired) electrons. The van der Waals surface area contributed by atoms with Crippen molar-refractivity contribution in [2.75, 3.05) is 11.9 Å². The summed E-state index contributed by atoms with van der Waals surface area (Å²) in [5.41, 5.74) is 0.481.